The van der Waals surface area contributed by atoms with Gasteiger partial charge in [-0.2, -0.15) is 0 Å². The summed E-state index contributed by atoms with van der Waals surface area (Å²) in [5.41, 5.74) is 3.37. The molecule has 1 amide bonds. The molecule has 1 saturated carbocycles. The number of ether oxygens (including phenoxy) is 1. The normalized spacial score (nSPS) is 16.3. The van der Waals surface area contributed by atoms with Crippen LogP contribution in [0.5, 0.6) is 5.75 Å². The third kappa shape index (κ3) is 5.81. The van der Waals surface area contributed by atoms with Crippen molar-refractivity contribution in [1.82, 2.24) is 5.32 Å². The molecule has 0 spiro atoms. The Bertz CT molecular complexity index is 1210. The van der Waals surface area contributed by atoms with Gasteiger partial charge in [0.2, 0.25) is 0 Å². The number of aliphatic imine (C=N–C) groups is 1. The average molecular weight is 491 g/mol. The van der Waals surface area contributed by atoms with Crippen LogP contribution in [0, 0.1) is 5.82 Å². The lowest BCUT2D eigenvalue weighted by atomic mass is 9.93. The van der Waals surface area contributed by atoms with E-state index in [1.807, 2.05) is 24.3 Å². The molecule has 0 radical (unpaired) electrons. The van der Waals surface area contributed by atoms with Gasteiger partial charge in [-0.15, -0.1) is 11.3 Å². The number of nitrogens with one attached hydrogen (secondary N) is 1. The molecule has 0 atom stereocenters. The zero-order valence-electron chi connectivity index (χ0n) is 19.9. The topological polar surface area (TPSA) is 50.7 Å². The Morgan fingerprint density at radius 1 is 1.06 bits per heavy atom. The van der Waals surface area contributed by atoms with Gasteiger partial charge in [0, 0.05) is 22.7 Å². The predicted molar refractivity (Wildman–Crippen MR) is 140 cm³/mol. The fourth-order valence-corrected chi connectivity index (χ4v) is 6.21. The third-order valence-electron chi connectivity index (χ3n) is 6.86. The summed E-state index contributed by atoms with van der Waals surface area (Å²) < 4.78 is 19.7. The maximum absolute atomic E-state index is 13.9. The van der Waals surface area contributed by atoms with Crippen LogP contribution in [0.15, 0.2) is 53.5 Å². The number of benzene rings is 2. The van der Waals surface area contributed by atoms with Gasteiger partial charge in [0.25, 0.3) is 5.91 Å². The zero-order valence-corrected chi connectivity index (χ0v) is 20.7. The summed E-state index contributed by atoms with van der Waals surface area (Å²) >= 11 is 1.65. The standard InChI is InChI=1S/C29H31FN2O2S/c30-25-15-6-4-10-21(25)19-34-23-13-8-9-20(17-23)18-31-29-27(24-14-5-7-16-26(24)35-29)28(33)32-22-11-2-1-3-12-22/h4,6,8-10,13,15,17-18,22H,1-3,5,7,11-12,14,16,19H2,(H,32,33). The molecule has 2 aliphatic carbocycles. The number of nitrogens with zero attached hydrogens (tertiary/aromatic N) is 1. The van der Waals surface area contributed by atoms with Crippen molar-refractivity contribution in [3.8, 4) is 5.75 Å². The average Bonchev–Trinajstić information content (AvgIpc) is 3.26. The fourth-order valence-electron chi connectivity index (χ4n) is 4.98. The minimum atomic E-state index is -0.272. The number of aryl methyl sites for hydroxylation is 1. The van der Waals surface area contributed by atoms with Crippen molar-refractivity contribution in [2.45, 2.75) is 70.4 Å². The number of thiophene rings is 1. The Hall–Kier alpha value is -2.99. The molecule has 3 aromatic rings. The van der Waals surface area contributed by atoms with Gasteiger partial charge >= 0.3 is 0 Å². The minimum absolute atomic E-state index is 0.0328. The highest BCUT2D eigenvalue weighted by atomic mass is 32.1. The summed E-state index contributed by atoms with van der Waals surface area (Å²) in [6, 6.07) is 14.5. The van der Waals surface area contributed by atoms with E-state index in [4.69, 9.17) is 9.73 Å². The van der Waals surface area contributed by atoms with E-state index in [-0.39, 0.29) is 24.4 Å². The van der Waals surface area contributed by atoms with E-state index in [9.17, 15) is 9.18 Å². The van der Waals surface area contributed by atoms with Crippen LogP contribution in [0.3, 0.4) is 0 Å². The Morgan fingerprint density at radius 3 is 2.74 bits per heavy atom. The Labute approximate surface area is 210 Å². The molecule has 2 aliphatic rings. The van der Waals surface area contributed by atoms with Crippen molar-refractivity contribution in [2.75, 3.05) is 0 Å². The number of rotatable bonds is 7. The van der Waals surface area contributed by atoms with Gasteiger partial charge in [0.15, 0.2) is 0 Å². The second-order valence-electron chi connectivity index (χ2n) is 9.41. The SMILES string of the molecule is O=C(NC1CCCCC1)c1c(N=Cc2cccc(OCc3ccccc3F)c2)sc2c1CCCC2. The van der Waals surface area contributed by atoms with Crippen LogP contribution in [0.4, 0.5) is 9.39 Å². The predicted octanol–water partition coefficient (Wildman–Crippen LogP) is 7.16. The van der Waals surface area contributed by atoms with Crippen molar-refractivity contribution in [3.05, 3.63) is 81.5 Å². The van der Waals surface area contributed by atoms with E-state index < -0.39 is 0 Å². The summed E-state index contributed by atoms with van der Waals surface area (Å²) in [6.07, 6.45) is 11.8. The highest BCUT2D eigenvalue weighted by molar-refractivity contribution is 7.16. The van der Waals surface area contributed by atoms with E-state index in [2.05, 4.69) is 5.32 Å². The molecule has 5 rings (SSSR count). The highest BCUT2D eigenvalue weighted by Gasteiger charge is 2.27. The molecule has 0 saturated heterocycles. The number of fused-ring (bicyclic) bond motifs is 1. The molecule has 2 aromatic carbocycles. The minimum Gasteiger partial charge on any atom is -0.489 e. The molecule has 35 heavy (non-hydrogen) atoms. The van der Waals surface area contributed by atoms with E-state index in [0.717, 1.165) is 48.2 Å². The first kappa shape index (κ1) is 23.7. The molecule has 182 valence electrons. The number of halogens is 1. The first-order valence-corrected chi connectivity index (χ1v) is 13.4. The second-order valence-corrected chi connectivity index (χ2v) is 10.5. The van der Waals surface area contributed by atoms with Crippen LogP contribution >= 0.6 is 11.3 Å². The van der Waals surface area contributed by atoms with Gasteiger partial charge in [-0.1, -0.05) is 49.6 Å². The number of carbonyl (C=O) groups is 1. The highest BCUT2D eigenvalue weighted by Crippen LogP contribution is 2.40. The lowest BCUT2D eigenvalue weighted by Gasteiger charge is -2.23. The maximum Gasteiger partial charge on any atom is 0.254 e. The fraction of sp³-hybridized carbons (Fsp3) is 0.379. The summed E-state index contributed by atoms with van der Waals surface area (Å²) in [4.78, 5) is 19.4. The van der Waals surface area contributed by atoms with Crippen LogP contribution in [0.1, 0.15) is 76.9 Å². The molecule has 6 heteroatoms. The van der Waals surface area contributed by atoms with Crippen molar-refractivity contribution >= 4 is 28.5 Å². The van der Waals surface area contributed by atoms with Gasteiger partial charge < -0.3 is 10.1 Å². The summed E-state index contributed by atoms with van der Waals surface area (Å²) in [5.74, 6) is 0.411. The van der Waals surface area contributed by atoms with Crippen molar-refractivity contribution in [2.24, 2.45) is 4.99 Å². The molecular formula is C29H31FN2O2S. The van der Waals surface area contributed by atoms with Crippen LogP contribution < -0.4 is 10.1 Å². The molecule has 4 nitrogen and oxygen atoms in total. The zero-order chi connectivity index (χ0) is 24.0. The van der Waals surface area contributed by atoms with Gasteiger partial charge in [0.05, 0.1) is 5.56 Å². The molecular weight excluding hydrogens is 459 g/mol. The Kier molecular flexibility index (Phi) is 7.57. The number of hydrogen-bond donors (Lipinski definition) is 1. The van der Waals surface area contributed by atoms with Crippen LogP contribution in [-0.2, 0) is 19.4 Å². The van der Waals surface area contributed by atoms with Gasteiger partial charge in [-0.25, -0.2) is 9.38 Å². The van der Waals surface area contributed by atoms with Crippen LogP contribution in [0.25, 0.3) is 0 Å². The van der Waals surface area contributed by atoms with E-state index in [1.54, 1.807) is 35.8 Å². The first-order chi connectivity index (χ1) is 17.2. The van der Waals surface area contributed by atoms with Gasteiger partial charge in [-0.05, 0) is 67.9 Å². The quantitative estimate of drug-likeness (QED) is 0.357. The summed E-state index contributed by atoms with van der Waals surface area (Å²) in [7, 11) is 0. The number of carbonyl (C=O) groups excluding carboxylic acids is 1. The maximum atomic E-state index is 13.9. The molecule has 0 bridgehead atoms. The molecule has 0 aliphatic heterocycles. The smallest absolute Gasteiger partial charge is 0.254 e. The summed E-state index contributed by atoms with van der Waals surface area (Å²) in [5, 5.41) is 4.09. The van der Waals surface area contributed by atoms with E-state index in [1.165, 1.54) is 42.2 Å². The third-order valence-corrected chi connectivity index (χ3v) is 8.06. The molecule has 0 unspecified atom stereocenters. The number of hydrogen-bond acceptors (Lipinski definition) is 4. The lowest BCUT2D eigenvalue weighted by Crippen LogP contribution is -2.36. The van der Waals surface area contributed by atoms with Crippen molar-refractivity contribution in [1.29, 1.82) is 0 Å². The van der Waals surface area contributed by atoms with Crippen LogP contribution in [0.2, 0.25) is 0 Å². The lowest BCUT2D eigenvalue weighted by molar-refractivity contribution is 0.0927. The molecule has 1 fully saturated rings. The number of amides is 1. The monoisotopic (exact) mass is 490 g/mol. The molecule has 1 N–H and O–H groups in total. The van der Waals surface area contributed by atoms with Gasteiger partial charge in [0.1, 0.15) is 23.2 Å². The Balaban J connectivity index is 1.34. The van der Waals surface area contributed by atoms with Crippen molar-refractivity contribution in [3.63, 3.8) is 0 Å². The Morgan fingerprint density at radius 2 is 1.89 bits per heavy atom. The second kappa shape index (κ2) is 11.2. The summed E-state index contributed by atoms with van der Waals surface area (Å²) in [6.45, 7) is 0.163. The van der Waals surface area contributed by atoms with Gasteiger partial charge in [-0.3, -0.25) is 4.79 Å². The van der Waals surface area contributed by atoms with Crippen LogP contribution in [-0.4, -0.2) is 18.2 Å². The first-order valence-electron chi connectivity index (χ1n) is 12.6. The van der Waals surface area contributed by atoms with Crippen molar-refractivity contribution < 1.29 is 13.9 Å². The molecule has 1 aromatic heterocycles. The van der Waals surface area contributed by atoms with E-state index in [0.29, 0.717) is 11.3 Å². The van der Waals surface area contributed by atoms with E-state index >= 15 is 0 Å². The largest absolute Gasteiger partial charge is 0.489 e. The molecule has 1 heterocycles.